The van der Waals surface area contributed by atoms with E-state index in [9.17, 15) is 9.59 Å². The molecule has 0 fully saturated rings. The summed E-state index contributed by atoms with van der Waals surface area (Å²) in [6.45, 7) is 9.51. The summed E-state index contributed by atoms with van der Waals surface area (Å²) < 4.78 is 5.11. The topological polar surface area (TPSA) is 55.4 Å². The Morgan fingerprint density at radius 2 is 1.95 bits per heavy atom. The molecule has 1 aromatic rings. The van der Waals surface area contributed by atoms with Crippen molar-refractivity contribution in [1.82, 2.24) is 0 Å². The summed E-state index contributed by atoms with van der Waals surface area (Å²) in [5.74, 6) is -0.386. The van der Waals surface area contributed by atoms with Crippen LogP contribution < -0.4 is 5.32 Å². The van der Waals surface area contributed by atoms with Gasteiger partial charge < -0.3 is 10.1 Å². The minimum atomic E-state index is -0.697. The minimum absolute atomic E-state index is 0.202. The van der Waals surface area contributed by atoms with E-state index in [0.717, 1.165) is 10.4 Å². The Kier molecular flexibility index (Phi) is 6.23. The van der Waals surface area contributed by atoms with Gasteiger partial charge in [0.1, 0.15) is 5.00 Å². The Hall–Kier alpha value is -1.07. The van der Waals surface area contributed by atoms with Gasteiger partial charge in [0.25, 0.3) is 0 Å². The van der Waals surface area contributed by atoms with Crippen molar-refractivity contribution in [3.8, 4) is 0 Å². The van der Waals surface area contributed by atoms with Crippen LogP contribution in [0.2, 0.25) is 0 Å². The lowest BCUT2D eigenvalue weighted by atomic mass is 9.95. The zero-order valence-electron chi connectivity index (χ0n) is 13.1. The standard InChI is InChI=1S/C15H22ClNO3S/c1-6-10-9(3)21-12(11(10)13(18)20-7-2)17-14(19)15(4,5)8-16/h6-8H2,1-5H3,(H,17,19). The summed E-state index contributed by atoms with van der Waals surface area (Å²) in [7, 11) is 0. The van der Waals surface area contributed by atoms with E-state index in [0.29, 0.717) is 23.6 Å². The van der Waals surface area contributed by atoms with E-state index < -0.39 is 11.4 Å². The molecule has 1 rings (SSSR count). The van der Waals surface area contributed by atoms with Gasteiger partial charge in [-0.25, -0.2) is 4.79 Å². The smallest absolute Gasteiger partial charge is 0.341 e. The average molecular weight is 332 g/mol. The van der Waals surface area contributed by atoms with Crippen LogP contribution in [-0.2, 0) is 16.0 Å². The van der Waals surface area contributed by atoms with Crippen molar-refractivity contribution in [2.45, 2.75) is 41.0 Å². The van der Waals surface area contributed by atoms with E-state index in [-0.39, 0.29) is 11.8 Å². The molecular weight excluding hydrogens is 310 g/mol. The van der Waals surface area contributed by atoms with Crippen LogP contribution in [0.3, 0.4) is 0 Å². The molecular formula is C15H22ClNO3S. The molecule has 0 spiro atoms. The predicted octanol–water partition coefficient (Wildman–Crippen LogP) is 4.00. The monoisotopic (exact) mass is 331 g/mol. The first-order valence-corrected chi connectivity index (χ1v) is 8.30. The fourth-order valence-corrected chi connectivity index (χ4v) is 3.09. The van der Waals surface area contributed by atoms with Crippen LogP contribution in [0.25, 0.3) is 0 Å². The third-order valence-electron chi connectivity index (χ3n) is 3.22. The Bertz CT molecular complexity index is 537. The average Bonchev–Trinajstić information content (AvgIpc) is 2.74. The molecule has 1 heterocycles. The molecule has 0 unspecified atom stereocenters. The van der Waals surface area contributed by atoms with Gasteiger partial charge in [-0.2, -0.15) is 0 Å². The van der Waals surface area contributed by atoms with Gasteiger partial charge in [-0.1, -0.05) is 6.92 Å². The Morgan fingerprint density at radius 1 is 1.33 bits per heavy atom. The molecule has 0 aliphatic carbocycles. The van der Waals surface area contributed by atoms with Gasteiger partial charge in [-0.3, -0.25) is 4.79 Å². The normalized spacial score (nSPS) is 11.3. The maximum absolute atomic E-state index is 12.3. The van der Waals surface area contributed by atoms with Gasteiger partial charge in [-0.15, -0.1) is 22.9 Å². The van der Waals surface area contributed by atoms with Crippen LogP contribution >= 0.6 is 22.9 Å². The third-order valence-corrected chi connectivity index (χ3v) is 4.95. The zero-order chi connectivity index (χ0) is 16.2. The highest BCUT2D eigenvalue weighted by molar-refractivity contribution is 7.16. The zero-order valence-corrected chi connectivity index (χ0v) is 14.7. The lowest BCUT2D eigenvalue weighted by molar-refractivity contribution is -0.122. The first-order chi connectivity index (χ1) is 9.78. The molecule has 1 amide bonds. The number of hydrogen-bond donors (Lipinski definition) is 1. The number of esters is 1. The molecule has 0 atom stereocenters. The SMILES string of the molecule is CCOC(=O)c1c(NC(=O)C(C)(C)CCl)sc(C)c1CC. The summed E-state index contributed by atoms with van der Waals surface area (Å²) in [4.78, 5) is 25.4. The second kappa shape index (κ2) is 7.27. The highest BCUT2D eigenvalue weighted by Gasteiger charge is 2.30. The molecule has 21 heavy (non-hydrogen) atoms. The quantitative estimate of drug-likeness (QED) is 0.633. The largest absolute Gasteiger partial charge is 0.462 e. The predicted molar refractivity (Wildman–Crippen MR) is 87.5 cm³/mol. The number of alkyl halides is 1. The van der Waals surface area contributed by atoms with Crippen molar-refractivity contribution in [2.75, 3.05) is 17.8 Å². The Labute approximate surface area is 134 Å². The van der Waals surface area contributed by atoms with E-state index >= 15 is 0 Å². The van der Waals surface area contributed by atoms with Gasteiger partial charge in [0.05, 0.1) is 17.6 Å². The lowest BCUT2D eigenvalue weighted by Gasteiger charge is -2.20. The van der Waals surface area contributed by atoms with E-state index in [2.05, 4.69) is 5.32 Å². The number of carbonyl (C=O) groups is 2. The highest BCUT2D eigenvalue weighted by atomic mass is 35.5. The van der Waals surface area contributed by atoms with Crippen LogP contribution in [0.1, 0.15) is 48.5 Å². The molecule has 0 aliphatic rings. The molecule has 0 bridgehead atoms. The second-order valence-electron chi connectivity index (χ2n) is 5.39. The highest BCUT2D eigenvalue weighted by Crippen LogP contribution is 2.35. The van der Waals surface area contributed by atoms with Gasteiger partial charge in [0.15, 0.2) is 0 Å². The number of rotatable bonds is 6. The van der Waals surface area contributed by atoms with Crippen LogP contribution in [0, 0.1) is 12.3 Å². The van der Waals surface area contributed by atoms with Crippen LogP contribution in [0.5, 0.6) is 0 Å². The molecule has 0 saturated carbocycles. The van der Waals surface area contributed by atoms with Gasteiger partial charge in [0.2, 0.25) is 5.91 Å². The summed E-state index contributed by atoms with van der Waals surface area (Å²) in [6, 6.07) is 0. The fraction of sp³-hybridized carbons (Fsp3) is 0.600. The Morgan fingerprint density at radius 3 is 2.43 bits per heavy atom. The molecule has 0 radical (unpaired) electrons. The first kappa shape index (κ1) is 18.0. The summed E-state index contributed by atoms with van der Waals surface area (Å²) in [5, 5.41) is 3.38. The van der Waals surface area contributed by atoms with Crippen molar-refractivity contribution < 1.29 is 14.3 Å². The number of ether oxygens (including phenoxy) is 1. The molecule has 0 aromatic carbocycles. The van der Waals surface area contributed by atoms with E-state index in [1.54, 1.807) is 20.8 Å². The number of amides is 1. The molecule has 1 aromatic heterocycles. The van der Waals surface area contributed by atoms with Crippen molar-refractivity contribution >= 4 is 39.8 Å². The first-order valence-electron chi connectivity index (χ1n) is 6.95. The Balaban J connectivity index is 3.18. The number of carbonyl (C=O) groups excluding carboxylic acids is 2. The molecule has 6 heteroatoms. The minimum Gasteiger partial charge on any atom is -0.462 e. The fourth-order valence-electron chi connectivity index (χ4n) is 1.84. The molecule has 4 nitrogen and oxygen atoms in total. The van der Waals surface area contributed by atoms with Gasteiger partial charge in [-0.05, 0) is 39.7 Å². The second-order valence-corrected chi connectivity index (χ2v) is 6.88. The van der Waals surface area contributed by atoms with Gasteiger partial charge in [0, 0.05) is 10.8 Å². The van der Waals surface area contributed by atoms with Crippen molar-refractivity contribution in [3.05, 3.63) is 16.0 Å². The van der Waals surface area contributed by atoms with Crippen LogP contribution in [0.4, 0.5) is 5.00 Å². The van der Waals surface area contributed by atoms with E-state index in [1.807, 2.05) is 13.8 Å². The molecule has 0 aliphatic heterocycles. The number of anilines is 1. The van der Waals surface area contributed by atoms with Crippen molar-refractivity contribution in [3.63, 3.8) is 0 Å². The van der Waals surface area contributed by atoms with Crippen molar-refractivity contribution in [1.29, 1.82) is 0 Å². The molecule has 1 N–H and O–H groups in total. The maximum Gasteiger partial charge on any atom is 0.341 e. The summed E-state index contributed by atoms with van der Waals surface area (Å²) in [6.07, 6.45) is 0.714. The van der Waals surface area contributed by atoms with E-state index in [1.165, 1.54) is 11.3 Å². The summed E-state index contributed by atoms with van der Waals surface area (Å²) in [5.41, 5.74) is 0.704. The van der Waals surface area contributed by atoms with E-state index in [4.69, 9.17) is 16.3 Å². The van der Waals surface area contributed by atoms with Crippen LogP contribution in [-0.4, -0.2) is 24.4 Å². The molecule has 0 saturated heterocycles. The number of hydrogen-bond acceptors (Lipinski definition) is 4. The van der Waals surface area contributed by atoms with Crippen molar-refractivity contribution in [2.24, 2.45) is 5.41 Å². The number of halogens is 1. The maximum atomic E-state index is 12.3. The summed E-state index contributed by atoms with van der Waals surface area (Å²) >= 11 is 7.22. The number of aryl methyl sites for hydroxylation is 1. The third kappa shape index (κ3) is 3.98. The number of nitrogens with one attached hydrogen (secondary N) is 1. The van der Waals surface area contributed by atoms with Gasteiger partial charge >= 0.3 is 5.97 Å². The number of thiophene rings is 1. The lowest BCUT2D eigenvalue weighted by Crippen LogP contribution is -2.32. The van der Waals surface area contributed by atoms with Crippen LogP contribution in [0.15, 0.2) is 0 Å². The molecule has 118 valence electrons.